The Balaban J connectivity index is 1.55. The van der Waals surface area contributed by atoms with Crippen molar-refractivity contribution in [3.05, 3.63) is 125 Å². The van der Waals surface area contributed by atoms with Crippen LogP contribution in [0.25, 0.3) is 6.08 Å². The van der Waals surface area contributed by atoms with Gasteiger partial charge in [0.25, 0.3) is 5.91 Å². The van der Waals surface area contributed by atoms with Crippen molar-refractivity contribution in [1.29, 1.82) is 0 Å². The van der Waals surface area contributed by atoms with Gasteiger partial charge in [-0.3, -0.25) is 9.69 Å². The lowest BCUT2D eigenvalue weighted by atomic mass is 10.2. The van der Waals surface area contributed by atoms with Crippen molar-refractivity contribution < 1.29 is 17.4 Å². The number of amidine groups is 1. The topological polar surface area (TPSA) is 76.0 Å². The maximum absolute atomic E-state index is 13.6. The number of carbonyl (C=O) groups excluding carboxylic acids is 1. The van der Waals surface area contributed by atoms with E-state index in [2.05, 4.69) is 4.99 Å². The zero-order valence-electron chi connectivity index (χ0n) is 19.2. The van der Waals surface area contributed by atoms with Crippen LogP contribution in [0.15, 0.2) is 124 Å². The minimum absolute atomic E-state index is 0.0161. The van der Waals surface area contributed by atoms with Gasteiger partial charge in [-0.2, -0.15) is 8.42 Å². The Morgan fingerprint density at radius 3 is 2.14 bits per heavy atom. The van der Waals surface area contributed by atoms with E-state index in [4.69, 9.17) is 15.8 Å². The lowest BCUT2D eigenvalue weighted by Gasteiger charge is -2.15. The highest BCUT2D eigenvalue weighted by atomic mass is 35.5. The van der Waals surface area contributed by atoms with E-state index in [0.29, 0.717) is 32.0 Å². The van der Waals surface area contributed by atoms with E-state index in [-0.39, 0.29) is 16.6 Å². The van der Waals surface area contributed by atoms with E-state index in [9.17, 15) is 13.2 Å². The van der Waals surface area contributed by atoms with Gasteiger partial charge in [-0.1, -0.05) is 66.2 Å². The molecule has 0 aliphatic carbocycles. The number of rotatable bonds is 6. The first-order valence-corrected chi connectivity index (χ1v) is 13.7. The van der Waals surface area contributed by atoms with E-state index in [0.717, 1.165) is 0 Å². The summed E-state index contributed by atoms with van der Waals surface area (Å²) < 4.78 is 31.2. The van der Waals surface area contributed by atoms with Gasteiger partial charge in [-0.15, -0.1) is 0 Å². The number of amides is 1. The summed E-state index contributed by atoms with van der Waals surface area (Å²) in [5.74, 6) is -0.253. The summed E-state index contributed by atoms with van der Waals surface area (Å²) in [6.45, 7) is 0. The van der Waals surface area contributed by atoms with Gasteiger partial charge in [0.1, 0.15) is 10.6 Å². The van der Waals surface area contributed by atoms with Gasteiger partial charge >= 0.3 is 10.1 Å². The van der Waals surface area contributed by atoms with Gasteiger partial charge in [0, 0.05) is 10.6 Å². The second kappa shape index (κ2) is 10.6. The molecule has 0 bridgehead atoms. The van der Waals surface area contributed by atoms with Crippen LogP contribution >= 0.6 is 23.4 Å². The fraction of sp³-hybridized carbons (Fsp3) is 0. The molecule has 9 heteroatoms. The van der Waals surface area contributed by atoms with Crippen LogP contribution < -0.4 is 9.08 Å². The van der Waals surface area contributed by atoms with Crippen molar-refractivity contribution in [3.8, 4) is 5.75 Å². The average Bonchev–Trinajstić information content (AvgIpc) is 3.21. The Morgan fingerprint density at radius 2 is 1.46 bits per heavy atom. The van der Waals surface area contributed by atoms with Crippen molar-refractivity contribution in [2.45, 2.75) is 4.90 Å². The second-order valence-electron chi connectivity index (χ2n) is 7.85. The summed E-state index contributed by atoms with van der Waals surface area (Å²) in [6, 6.07) is 30.9. The van der Waals surface area contributed by atoms with Gasteiger partial charge < -0.3 is 4.18 Å². The molecule has 6 nitrogen and oxygen atoms in total. The van der Waals surface area contributed by atoms with Crippen molar-refractivity contribution in [1.82, 2.24) is 0 Å². The number of hydrogen-bond donors (Lipinski definition) is 0. The summed E-state index contributed by atoms with van der Waals surface area (Å²) in [4.78, 5) is 20.1. The molecule has 5 rings (SSSR count). The summed E-state index contributed by atoms with van der Waals surface area (Å²) in [5, 5.41) is 0.833. The van der Waals surface area contributed by atoms with Crippen LogP contribution in [0.4, 0.5) is 11.4 Å². The average molecular weight is 547 g/mol. The minimum atomic E-state index is -4.10. The smallest absolute Gasteiger partial charge is 0.339 e. The van der Waals surface area contributed by atoms with Crippen LogP contribution in [0.3, 0.4) is 0 Å². The number of aliphatic imine (C=N–C) groups is 1. The molecule has 0 radical (unpaired) electrons. The molecule has 4 aromatic carbocycles. The Morgan fingerprint density at radius 1 is 0.838 bits per heavy atom. The predicted octanol–water partition coefficient (Wildman–Crippen LogP) is 6.92. The van der Waals surface area contributed by atoms with Gasteiger partial charge in [0.2, 0.25) is 0 Å². The number of benzene rings is 4. The van der Waals surface area contributed by atoms with E-state index in [1.54, 1.807) is 30.3 Å². The van der Waals surface area contributed by atoms with Crippen LogP contribution in [0.1, 0.15) is 5.56 Å². The predicted molar refractivity (Wildman–Crippen MR) is 149 cm³/mol. The zero-order chi connectivity index (χ0) is 25.8. The molecule has 1 heterocycles. The molecule has 0 saturated carbocycles. The molecular formula is C28H19ClN2O4S2. The Kier molecular flexibility index (Phi) is 7.14. The number of hydrogen-bond acceptors (Lipinski definition) is 6. The molecule has 0 aromatic heterocycles. The highest BCUT2D eigenvalue weighted by Gasteiger charge is 2.35. The summed E-state index contributed by atoms with van der Waals surface area (Å²) in [5.41, 5.74) is 1.70. The Labute approximate surface area is 224 Å². The van der Waals surface area contributed by atoms with E-state index < -0.39 is 10.1 Å². The molecule has 0 spiro atoms. The van der Waals surface area contributed by atoms with Crippen molar-refractivity contribution in [3.63, 3.8) is 0 Å². The first-order chi connectivity index (χ1) is 17.9. The molecule has 1 aliphatic rings. The minimum Gasteiger partial charge on any atom is -0.378 e. The summed E-state index contributed by atoms with van der Waals surface area (Å²) in [7, 11) is -4.10. The normalized spacial score (nSPS) is 15.9. The molecule has 184 valence electrons. The maximum atomic E-state index is 13.6. The molecule has 0 unspecified atom stereocenters. The first kappa shape index (κ1) is 24.8. The molecule has 0 N–H and O–H groups in total. The number of halogens is 1. The van der Waals surface area contributed by atoms with E-state index in [1.807, 2.05) is 60.7 Å². The van der Waals surface area contributed by atoms with Crippen LogP contribution in [-0.2, 0) is 14.9 Å². The number of para-hydroxylation sites is 2. The highest BCUT2D eigenvalue weighted by molar-refractivity contribution is 8.19. The zero-order valence-corrected chi connectivity index (χ0v) is 21.6. The van der Waals surface area contributed by atoms with Crippen molar-refractivity contribution in [2.24, 2.45) is 4.99 Å². The lowest BCUT2D eigenvalue weighted by molar-refractivity contribution is -0.113. The SMILES string of the molecule is O=C1/C(=C\c2cc(Cl)ccc2OS(=O)(=O)c2ccccc2)SC(=Nc2ccccc2)N1c1ccccc1. The van der Waals surface area contributed by atoms with Crippen molar-refractivity contribution in [2.75, 3.05) is 4.90 Å². The Hall–Kier alpha value is -3.85. The number of carbonyl (C=O) groups is 1. The standard InChI is InChI=1S/C28H19ClN2O4S2/c29-21-16-17-25(35-37(33,34)24-14-8-3-9-15-24)20(18-21)19-26-27(32)31(23-12-6-2-7-13-23)28(36-26)30-22-10-4-1-5-11-22/h1-19H/b26-19+,30-28?. The fourth-order valence-corrected chi connectivity index (χ4v) is 5.72. The molecule has 1 saturated heterocycles. The summed E-state index contributed by atoms with van der Waals surface area (Å²) >= 11 is 7.41. The van der Waals surface area contributed by atoms with Gasteiger partial charge in [0.15, 0.2) is 5.17 Å². The fourth-order valence-electron chi connectivity index (χ4n) is 3.57. The van der Waals surface area contributed by atoms with Crippen LogP contribution in [0.2, 0.25) is 5.02 Å². The molecule has 37 heavy (non-hydrogen) atoms. The molecule has 4 aromatic rings. The molecule has 1 amide bonds. The quantitative estimate of drug-likeness (QED) is 0.194. The molecule has 0 atom stereocenters. The third-order valence-electron chi connectivity index (χ3n) is 5.29. The van der Waals surface area contributed by atoms with Crippen molar-refractivity contribution >= 4 is 62.0 Å². The molecule has 1 aliphatic heterocycles. The Bertz CT molecular complexity index is 1610. The third kappa shape index (κ3) is 5.61. The van der Waals surface area contributed by atoms with Crippen LogP contribution in [0, 0.1) is 0 Å². The van der Waals surface area contributed by atoms with Gasteiger partial charge in [-0.25, -0.2) is 4.99 Å². The lowest BCUT2D eigenvalue weighted by Crippen LogP contribution is -2.28. The van der Waals surface area contributed by atoms with E-state index in [1.165, 1.54) is 40.9 Å². The van der Waals surface area contributed by atoms with Crippen LogP contribution in [0.5, 0.6) is 5.75 Å². The molecule has 1 fully saturated rings. The maximum Gasteiger partial charge on any atom is 0.339 e. The second-order valence-corrected chi connectivity index (χ2v) is 10.8. The number of nitrogens with zero attached hydrogens (tertiary/aromatic N) is 2. The highest BCUT2D eigenvalue weighted by Crippen LogP contribution is 2.39. The van der Waals surface area contributed by atoms with E-state index >= 15 is 0 Å². The van der Waals surface area contributed by atoms with Crippen LogP contribution in [-0.4, -0.2) is 19.5 Å². The summed E-state index contributed by atoms with van der Waals surface area (Å²) in [6.07, 6.45) is 1.57. The first-order valence-electron chi connectivity index (χ1n) is 11.1. The van der Waals surface area contributed by atoms with Gasteiger partial charge in [-0.05, 0) is 72.4 Å². The largest absolute Gasteiger partial charge is 0.378 e. The monoisotopic (exact) mass is 546 g/mol. The third-order valence-corrected chi connectivity index (χ3v) is 7.74. The number of anilines is 1. The molecular weight excluding hydrogens is 528 g/mol. The number of thioether (sulfide) groups is 1. The van der Waals surface area contributed by atoms with Gasteiger partial charge in [0.05, 0.1) is 16.3 Å².